The van der Waals surface area contributed by atoms with Crippen molar-refractivity contribution in [2.24, 2.45) is 0 Å². The minimum Gasteiger partial charge on any atom is -0.548 e. The Morgan fingerprint density at radius 3 is 2.59 bits per heavy atom. The van der Waals surface area contributed by atoms with Gasteiger partial charge in [0.1, 0.15) is 11.3 Å². The third-order valence-electron chi connectivity index (χ3n) is 4.17. The monoisotopic (exact) mass is 364 g/mol. The minimum absolute atomic E-state index is 0.0586. The molecule has 0 aliphatic carbocycles. The first kappa shape index (κ1) is 18.4. The predicted molar refractivity (Wildman–Crippen MR) is 98.0 cm³/mol. The number of carboxylic acid groups (broad SMARTS) is 1. The molecule has 0 saturated heterocycles. The van der Waals surface area contributed by atoms with E-state index in [0.29, 0.717) is 11.3 Å². The standard InChI is InChI=1S/C21H20N2O4/c1-2-14-8-9-18-16(10-14)17(22-12-20(24)23-13-21(25)26)11-19(27-18)15-6-4-3-5-7-15/h3-11H,2,12-13H2,1H3,(H,23,24)(H,25,26). The first-order chi connectivity index (χ1) is 13.1. The molecule has 0 atom stereocenters. The molecule has 0 aliphatic heterocycles. The summed E-state index contributed by atoms with van der Waals surface area (Å²) in [6, 6.07) is 17.5. The van der Waals surface area contributed by atoms with Crippen molar-refractivity contribution in [3.63, 3.8) is 0 Å². The average Bonchev–Trinajstić information content (AvgIpc) is 2.70. The van der Waals surface area contributed by atoms with Gasteiger partial charge in [0.15, 0.2) is 0 Å². The Morgan fingerprint density at radius 1 is 1.11 bits per heavy atom. The van der Waals surface area contributed by atoms with Gasteiger partial charge in [-0.25, -0.2) is 4.99 Å². The maximum absolute atomic E-state index is 11.8. The molecule has 2 aromatic carbocycles. The van der Waals surface area contributed by atoms with E-state index in [0.717, 1.165) is 28.3 Å². The summed E-state index contributed by atoms with van der Waals surface area (Å²) in [7, 11) is 0. The Morgan fingerprint density at radius 2 is 1.89 bits per heavy atom. The topological polar surface area (TPSA) is 96.3 Å². The van der Waals surface area contributed by atoms with E-state index in [1.54, 1.807) is 0 Å². The van der Waals surface area contributed by atoms with Gasteiger partial charge < -0.3 is 19.6 Å². The van der Waals surface area contributed by atoms with Crippen molar-refractivity contribution < 1.29 is 24.1 Å². The first-order valence-corrected chi connectivity index (χ1v) is 8.72. The van der Waals surface area contributed by atoms with E-state index in [-0.39, 0.29) is 6.54 Å². The molecule has 1 aromatic heterocycles. The van der Waals surface area contributed by atoms with Crippen LogP contribution in [0, 0.1) is 0 Å². The van der Waals surface area contributed by atoms with Crippen LogP contribution >= 0.6 is 0 Å². The fourth-order valence-electron chi connectivity index (χ4n) is 2.75. The van der Waals surface area contributed by atoms with Crippen molar-refractivity contribution in [3.8, 4) is 11.3 Å². The SMILES string of the molecule is CCc1ccc2oc(-c3ccccc3)cc(=[NH+]CC(=O)NCC(=O)[O-])c2c1. The number of benzene rings is 2. The molecule has 27 heavy (non-hydrogen) atoms. The molecular weight excluding hydrogens is 344 g/mol. The van der Waals surface area contributed by atoms with Gasteiger partial charge in [-0.15, -0.1) is 0 Å². The summed E-state index contributed by atoms with van der Waals surface area (Å²) < 4.78 is 6.05. The smallest absolute Gasteiger partial charge is 0.285 e. The Labute approximate surface area is 156 Å². The zero-order valence-corrected chi connectivity index (χ0v) is 15.0. The zero-order valence-electron chi connectivity index (χ0n) is 15.0. The molecule has 6 nitrogen and oxygen atoms in total. The van der Waals surface area contributed by atoms with E-state index in [9.17, 15) is 14.7 Å². The Balaban J connectivity index is 2.05. The number of carbonyl (C=O) groups is 2. The zero-order chi connectivity index (χ0) is 19.2. The Kier molecular flexibility index (Phi) is 5.66. The van der Waals surface area contributed by atoms with Gasteiger partial charge in [0.25, 0.3) is 5.91 Å². The van der Waals surface area contributed by atoms with Crippen LogP contribution in [0.4, 0.5) is 0 Å². The quantitative estimate of drug-likeness (QED) is 0.617. The lowest BCUT2D eigenvalue weighted by atomic mass is 10.1. The second kappa shape index (κ2) is 8.31. The highest BCUT2D eigenvalue weighted by Crippen LogP contribution is 2.22. The van der Waals surface area contributed by atoms with Gasteiger partial charge in [-0.1, -0.05) is 43.3 Å². The second-order valence-electron chi connectivity index (χ2n) is 6.08. The number of amides is 1. The van der Waals surface area contributed by atoms with Crippen molar-refractivity contribution in [1.29, 1.82) is 0 Å². The second-order valence-corrected chi connectivity index (χ2v) is 6.08. The Hall–Kier alpha value is -3.41. The van der Waals surface area contributed by atoms with Gasteiger partial charge >= 0.3 is 0 Å². The van der Waals surface area contributed by atoms with Gasteiger partial charge in [-0.3, -0.25) is 4.79 Å². The molecule has 1 amide bonds. The van der Waals surface area contributed by atoms with Crippen LogP contribution in [-0.2, 0) is 16.0 Å². The molecule has 0 unspecified atom stereocenters. The van der Waals surface area contributed by atoms with E-state index in [4.69, 9.17) is 4.42 Å². The first-order valence-electron chi connectivity index (χ1n) is 8.72. The van der Waals surface area contributed by atoms with E-state index in [1.165, 1.54) is 0 Å². The van der Waals surface area contributed by atoms with Crippen molar-refractivity contribution >= 4 is 22.8 Å². The molecule has 3 aromatic rings. The lowest BCUT2D eigenvalue weighted by Gasteiger charge is -2.05. The third kappa shape index (κ3) is 4.61. The number of carboxylic acids is 1. The molecule has 0 radical (unpaired) electrons. The molecule has 0 bridgehead atoms. The van der Waals surface area contributed by atoms with Crippen LogP contribution in [0.5, 0.6) is 0 Å². The molecule has 3 rings (SSSR count). The summed E-state index contributed by atoms with van der Waals surface area (Å²) in [5, 5.41) is 14.4. The van der Waals surface area contributed by atoms with E-state index in [2.05, 4.69) is 17.2 Å². The van der Waals surface area contributed by atoms with Crippen LogP contribution in [0.3, 0.4) is 0 Å². The number of hydrogen-bond donors (Lipinski definition) is 2. The van der Waals surface area contributed by atoms with Gasteiger partial charge in [-0.2, -0.15) is 0 Å². The number of fused-ring (bicyclic) bond motifs is 1. The third-order valence-corrected chi connectivity index (χ3v) is 4.17. The fraction of sp³-hybridized carbons (Fsp3) is 0.190. The van der Waals surface area contributed by atoms with Gasteiger partial charge in [0.05, 0.1) is 24.0 Å². The molecule has 0 fully saturated rings. The molecule has 6 heteroatoms. The summed E-state index contributed by atoms with van der Waals surface area (Å²) in [6.07, 6.45) is 0.877. The van der Waals surface area contributed by atoms with E-state index in [1.807, 2.05) is 54.6 Å². The highest BCUT2D eigenvalue weighted by molar-refractivity contribution is 5.81. The highest BCUT2D eigenvalue weighted by Gasteiger charge is 2.11. The largest absolute Gasteiger partial charge is 0.548 e. The molecule has 138 valence electrons. The normalized spacial score (nSPS) is 11.5. The van der Waals surface area contributed by atoms with E-state index >= 15 is 0 Å². The predicted octanol–water partition coefficient (Wildman–Crippen LogP) is -0.490. The number of hydrogen-bond acceptors (Lipinski definition) is 4. The maximum atomic E-state index is 11.8. The Bertz CT molecular complexity index is 1040. The van der Waals surface area contributed by atoms with Crippen LogP contribution in [0.25, 0.3) is 22.3 Å². The number of carbonyl (C=O) groups excluding carboxylic acids is 2. The van der Waals surface area contributed by atoms with Crippen molar-refractivity contribution in [2.45, 2.75) is 13.3 Å². The van der Waals surface area contributed by atoms with Gasteiger partial charge in [0, 0.05) is 5.56 Å². The summed E-state index contributed by atoms with van der Waals surface area (Å²) in [5.74, 6) is -1.09. The number of rotatable bonds is 6. The van der Waals surface area contributed by atoms with Crippen molar-refractivity contribution in [3.05, 3.63) is 65.5 Å². The van der Waals surface area contributed by atoms with Crippen LogP contribution < -0.4 is 20.8 Å². The van der Waals surface area contributed by atoms with Gasteiger partial charge in [0.2, 0.25) is 11.9 Å². The minimum atomic E-state index is -1.33. The van der Waals surface area contributed by atoms with Gasteiger partial charge in [-0.05, 0) is 24.1 Å². The van der Waals surface area contributed by atoms with Crippen LogP contribution in [-0.4, -0.2) is 25.0 Å². The van der Waals surface area contributed by atoms with Crippen LogP contribution in [0.15, 0.2) is 59.0 Å². The lowest BCUT2D eigenvalue weighted by molar-refractivity contribution is -0.486. The number of nitrogens with one attached hydrogen (secondary N) is 2. The summed E-state index contributed by atoms with van der Waals surface area (Å²) >= 11 is 0. The fourth-order valence-corrected chi connectivity index (χ4v) is 2.75. The molecule has 0 aliphatic rings. The summed E-state index contributed by atoms with van der Waals surface area (Å²) in [5.41, 5.74) is 2.77. The molecule has 1 heterocycles. The molecule has 0 saturated carbocycles. The number of aryl methyl sites for hydroxylation is 1. The molecule has 0 spiro atoms. The average molecular weight is 364 g/mol. The van der Waals surface area contributed by atoms with Crippen molar-refractivity contribution in [2.75, 3.05) is 13.1 Å². The lowest BCUT2D eigenvalue weighted by Crippen LogP contribution is -2.79. The maximum Gasteiger partial charge on any atom is 0.285 e. The molecular formula is C21H20N2O4. The van der Waals surface area contributed by atoms with Crippen molar-refractivity contribution in [1.82, 2.24) is 5.32 Å². The summed E-state index contributed by atoms with van der Waals surface area (Å²) in [4.78, 5) is 25.4. The number of aliphatic carboxylic acids is 1. The molecule has 2 N–H and O–H groups in total. The van der Waals surface area contributed by atoms with E-state index < -0.39 is 18.4 Å². The highest BCUT2D eigenvalue weighted by atomic mass is 16.4. The van der Waals surface area contributed by atoms with Crippen LogP contribution in [0.2, 0.25) is 0 Å². The van der Waals surface area contributed by atoms with Crippen LogP contribution in [0.1, 0.15) is 12.5 Å². The summed E-state index contributed by atoms with van der Waals surface area (Å²) in [6.45, 7) is 1.49.